The van der Waals surface area contributed by atoms with Gasteiger partial charge in [0.2, 0.25) is 5.91 Å². The SMILES string of the molecule is CN(CCS(=O)(=O)O)C(=O)CCCCCCCCOc1ccccc1. The van der Waals surface area contributed by atoms with Crippen molar-refractivity contribution in [3.63, 3.8) is 0 Å². The summed E-state index contributed by atoms with van der Waals surface area (Å²) < 4.78 is 35.6. The number of para-hydroxylation sites is 1. The summed E-state index contributed by atoms with van der Waals surface area (Å²) in [6.45, 7) is 0.750. The van der Waals surface area contributed by atoms with Crippen molar-refractivity contribution in [2.75, 3.05) is 26.0 Å². The van der Waals surface area contributed by atoms with Crippen molar-refractivity contribution in [1.82, 2.24) is 4.90 Å². The Morgan fingerprint density at radius 3 is 2.28 bits per heavy atom. The van der Waals surface area contributed by atoms with E-state index >= 15 is 0 Å². The van der Waals surface area contributed by atoms with Gasteiger partial charge in [-0.05, 0) is 25.0 Å². The predicted octanol–water partition coefficient (Wildman–Crippen LogP) is 3.14. The van der Waals surface area contributed by atoms with Crippen LogP contribution in [0.4, 0.5) is 0 Å². The number of ether oxygens (including phenoxy) is 1. The van der Waals surface area contributed by atoms with Crippen LogP contribution in [-0.2, 0) is 14.9 Å². The second-order valence-electron chi connectivity index (χ2n) is 6.13. The number of hydrogen-bond acceptors (Lipinski definition) is 4. The van der Waals surface area contributed by atoms with Gasteiger partial charge in [-0.2, -0.15) is 8.42 Å². The minimum atomic E-state index is -4.01. The zero-order valence-corrected chi connectivity index (χ0v) is 15.7. The molecule has 0 aromatic heterocycles. The lowest BCUT2D eigenvalue weighted by Gasteiger charge is -2.16. The molecule has 7 heteroatoms. The molecule has 25 heavy (non-hydrogen) atoms. The van der Waals surface area contributed by atoms with Crippen molar-refractivity contribution in [1.29, 1.82) is 0 Å². The van der Waals surface area contributed by atoms with Crippen LogP contribution in [0.15, 0.2) is 30.3 Å². The summed E-state index contributed by atoms with van der Waals surface area (Å²) in [5, 5.41) is 0. The summed E-state index contributed by atoms with van der Waals surface area (Å²) in [6.07, 6.45) is 6.52. The fourth-order valence-electron chi connectivity index (χ4n) is 2.36. The first-order valence-corrected chi connectivity index (χ1v) is 10.4. The lowest BCUT2D eigenvalue weighted by atomic mass is 10.1. The van der Waals surface area contributed by atoms with Gasteiger partial charge in [0.25, 0.3) is 10.1 Å². The van der Waals surface area contributed by atoms with E-state index < -0.39 is 15.9 Å². The molecule has 0 aliphatic rings. The van der Waals surface area contributed by atoms with Crippen LogP contribution in [-0.4, -0.2) is 49.7 Å². The summed E-state index contributed by atoms with van der Waals surface area (Å²) in [6, 6.07) is 9.77. The van der Waals surface area contributed by atoms with Crippen LogP contribution in [0.2, 0.25) is 0 Å². The summed E-state index contributed by atoms with van der Waals surface area (Å²) in [4.78, 5) is 13.2. The van der Waals surface area contributed by atoms with E-state index in [0.717, 1.165) is 50.9 Å². The number of benzene rings is 1. The Bertz CT molecular complexity index is 589. The van der Waals surface area contributed by atoms with E-state index in [0.29, 0.717) is 6.42 Å². The molecule has 0 fully saturated rings. The van der Waals surface area contributed by atoms with E-state index in [1.165, 1.54) is 4.90 Å². The Kier molecular flexibility index (Phi) is 10.2. The van der Waals surface area contributed by atoms with Gasteiger partial charge in [0.15, 0.2) is 0 Å². The van der Waals surface area contributed by atoms with Gasteiger partial charge in [0.05, 0.1) is 12.4 Å². The van der Waals surface area contributed by atoms with E-state index in [1.807, 2.05) is 30.3 Å². The first-order valence-electron chi connectivity index (χ1n) is 8.75. The van der Waals surface area contributed by atoms with Crippen LogP contribution in [0.1, 0.15) is 44.9 Å². The average Bonchev–Trinajstić information content (AvgIpc) is 2.58. The maximum atomic E-state index is 11.8. The molecule has 0 spiro atoms. The van der Waals surface area contributed by atoms with Crippen molar-refractivity contribution < 1.29 is 22.5 Å². The molecular formula is C18H29NO5S. The molecule has 0 aliphatic carbocycles. The molecule has 0 heterocycles. The summed E-state index contributed by atoms with van der Waals surface area (Å²) in [5.41, 5.74) is 0. The minimum absolute atomic E-state index is 0.0269. The van der Waals surface area contributed by atoms with Crippen molar-refractivity contribution in [2.24, 2.45) is 0 Å². The number of hydrogen-bond donors (Lipinski definition) is 1. The van der Waals surface area contributed by atoms with E-state index in [1.54, 1.807) is 7.05 Å². The van der Waals surface area contributed by atoms with E-state index in [-0.39, 0.29) is 12.5 Å². The molecule has 0 saturated carbocycles. The fraction of sp³-hybridized carbons (Fsp3) is 0.611. The van der Waals surface area contributed by atoms with Gasteiger partial charge in [-0.25, -0.2) is 0 Å². The second-order valence-corrected chi connectivity index (χ2v) is 7.71. The molecule has 6 nitrogen and oxygen atoms in total. The number of unbranched alkanes of at least 4 members (excludes halogenated alkanes) is 5. The zero-order valence-electron chi connectivity index (χ0n) is 14.9. The van der Waals surface area contributed by atoms with Gasteiger partial charge in [-0.1, -0.05) is 43.9 Å². The normalized spacial score (nSPS) is 11.3. The van der Waals surface area contributed by atoms with Crippen molar-refractivity contribution in [3.8, 4) is 5.75 Å². The molecule has 0 atom stereocenters. The monoisotopic (exact) mass is 371 g/mol. The fourth-order valence-corrected chi connectivity index (χ4v) is 2.86. The van der Waals surface area contributed by atoms with Gasteiger partial charge in [0, 0.05) is 20.0 Å². The molecule has 1 N–H and O–H groups in total. The lowest BCUT2D eigenvalue weighted by Crippen LogP contribution is -2.31. The van der Waals surface area contributed by atoms with E-state index in [9.17, 15) is 13.2 Å². The Balaban J connectivity index is 1.95. The molecule has 0 unspecified atom stereocenters. The molecule has 1 aromatic carbocycles. The highest BCUT2D eigenvalue weighted by Gasteiger charge is 2.12. The number of carbonyl (C=O) groups is 1. The molecule has 0 radical (unpaired) electrons. The summed E-state index contributed by atoms with van der Waals surface area (Å²) >= 11 is 0. The lowest BCUT2D eigenvalue weighted by molar-refractivity contribution is -0.129. The van der Waals surface area contributed by atoms with Crippen LogP contribution in [0, 0.1) is 0 Å². The first-order chi connectivity index (χ1) is 11.9. The van der Waals surface area contributed by atoms with Gasteiger partial charge in [-0.3, -0.25) is 9.35 Å². The Labute approximate surface area is 150 Å². The highest BCUT2D eigenvalue weighted by atomic mass is 32.2. The third-order valence-electron chi connectivity index (χ3n) is 3.91. The standard InChI is InChI=1S/C18H29NO5S/c1-19(14-16-25(21,22)23)18(20)13-9-4-2-3-5-10-15-24-17-11-7-6-8-12-17/h6-8,11-12H,2-5,9-10,13-16H2,1H3,(H,21,22,23). The molecule has 0 aliphatic heterocycles. The van der Waals surface area contributed by atoms with Gasteiger partial charge >= 0.3 is 0 Å². The average molecular weight is 371 g/mol. The van der Waals surface area contributed by atoms with Crippen LogP contribution in [0.3, 0.4) is 0 Å². The number of rotatable bonds is 13. The molecule has 0 bridgehead atoms. The second kappa shape index (κ2) is 11.9. The van der Waals surface area contributed by atoms with Crippen LogP contribution in [0.25, 0.3) is 0 Å². The minimum Gasteiger partial charge on any atom is -0.494 e. The Hall–Kier alpha value is -1.60. The number of amides is 1. The first kappa shape index (κ1) is 21.4. The highest BCUT2D eigenvalue weighted by molar-refractivity contribution is 7.85. The third kappa shape index (κ3) is 11.6. The largest absolute Gasteiger partial charge is 0.494 e. The van der Waals surface area contributed by atoms with Crippen LogP contribution < -0.4 is 4.74 Å². The van der Waals surface area contributed by atoms with Crippen molar-refractivity contribution in [3.05, 3.63) is 30.3 Å². The molecule has 0 saturated heterocycles. The van der Waals surface area contributed by atoms with Crippen LogP contribution >= 0.6 is 0 Å². The predicted molar refractivity (Wildman–Crippen MR) is 98.3 cm³/mol. The molecule has 1 amide bonds. The van der Waals surface area contributed by atoms with Gasteiger partial charge < -0.3 is 9.64 Å². The Morgan fingerprint density at radius 2 is 1.64 bits per heavy atom. The maximum Gasteiger partial charge on any atom is 0.266 e. The van der Waals surface area contributed by atoms with E-state index in [2.05, 4.69) is 0 Å². The van der Waals surface area contributed by atoms with Crippen molar-refractivity contribution in [2.45, 2.75) is 44.9 Å². The number of nitrogens with zero attached hydrogens (tertiary/aromatic N) is 1. The maximum absolute atomic E-state index is 11.8. The Morgan fingerprint density at radius 1 is 1.04 bits per heavy atom. The molecule has 1 aromatic rings. The molecular weight excluding hydrogens is 342 g/mol. The summed E-state index contributed by atoms with van der Waals surface area (Å²) in [5.74, 6) is 0.402. The topological polar surface area (TPSA) is 83.9 Å². The quantitative estimate of drug-likeness (QED) is 0.425. The molecule has 1 rings (SSSR count). The number of carbonyl (C=O) groups excluding carboxylic acids is 1. The van der Waals surface area contributed by atoms with Crippen molar-refractivity contribution >= 4 is 16.0 Å². The summed E-state index contributed by atoms with van der Waals surface area (Å²) in [7, 11) is -2.46. The highest BCUT2D eigenvalue weighted by Crippen LogP contribution is 2.11. The van der Waals surface area contributed by atoms with E-state index in [4.69, 9.17) is 9.29 Å². The van der Waals surface area contributed by atoms with Gasteiger partial charge in [0.1, 0.15) is 5.75 Å². The zero-order chi connectivity index (χ0) is 18.5. The smallest absolute Gasteiger partial charge is 0.266 e. The van der Waals surface area contributed by atoms with Gasteiger partial charge in [-0.15, -0.1) is 0 Å². The molecule has 142 valence electrons. The van der Waals surface area contributed by atoms with Crippen LogP contribution in [0.5, 0.6) is 5.75 Å². The third-order valence-corrected chi connectivity index (χ3v) is 4.61.